The summed E-state index contributed by atoms with van der Waals surface area (Å²) in [6, 6.07) is 5.98. The molecule has 0 amide bonds. The van der Waals surface area contributed by atoms with Crippen LogP contribution in [0.15, 0.2) is 30.6 Å². The average Bonchev–Trinajstić information content (AvgIpc) is 2.37. The maximum absolute atomic E-state index is 6.06. The molecule has 0 unspecified atom stereocenters. The first kappa shape index (κ1) is 12.8. The van der Waals surface area contributed by atoms with E-state index in [0.29, 0.717) is 17.5 Å². The zero-order valence-electron chi connectivity index (χ0n) is 10.5. The van der Waals surface area contributed by atoms with Gasteiger partial charge in [0.15, 0.2) is 11.0 Å². The van der Waals surface area contributed by atoms with Gasteiger partial charge in [-0.25, -0.2) is 9.97 Å². The molecule has 0 bridgehead atoms. The van der Waals surface area contributed by atoms with Crippen molar-refractivity contribution < 1.29 is 0 Å². The van der Waals surface area contributed by atoms with E-state index in [9.17, 15) is 0 Å². The summed E-state index contributed by atoms with van der Waals surface area (Å²) in [6.45, 7) is 5.51. The van der Waals surface area contributed by atoms with Gasteiger partial charge >= 0.3 is 0 Å². The first-order valence-corrected chi connectivity index (χ1v) is 6.22. The number of rotatable bonds is 4. The average molecular weight is 263 g/mol. The van der Waals surface area contributed by atoms with Crippen molar-refractivity contribution in [3.8, 4) is 0 Å². The number of hydrogen-bond donors (Lipinski definition) is 0. The quantitative estimate of drug-likeness (QED) is 0.850. The number of aromatic nitrogens is 3. The van der Waals surface area contributed by atoms with Crippen LogP contribution >= 0.6 is 11.6 Å². The summed E-state index contributed by atoms with van der Waals surface area (Å²) in [4.78, 5) is 14.9. The second-order valence-electron chi connectivity index (χ2n) is 3.96. The maximum Gasteiger partial charge on any atom is 0.171 e. The van der Waals surface area contributed by atoms with Crippen molar-refractivity contribution in [2.75, 3.05) is 11.4 Å². The summed E-state index contributed by atoms with van der Waals surface area (Å²) in [5, 5.41) is 0.423. The van der Waals surface area contributed by atoms with Crippen LogP contribution in [0.3, 0.4) is 0 Å². The molecular formula is C13H15ClN4. The van der Waals surface area contributed by atoms with Gasteiger partial charge in [0, 0.05) is 24.6 Å². The Morgan fingerprint density at radius 3 is 2.67 bits per heavy atom. The lowest BCUT2D eigenvalue weighted by atomic mass is 10.3. The standard InChI is InChI=1S/C13H15ClN4/c1-3-18(13-12(14)15-7-8-16-13)9-11-6-4-5-10(2)17-11/h4-8H,3,9H2,1-2H3. The largest absolute Gasteiger partial charge is 0.348 e. The third-order valence-electron chi connectivity index (χ3n) is 2.62. The lowest BCUT2D eigenvalue weighted by Gasteiger charge is -2.21. The second kappa shape index (κ2) is 5.78. The van der Waals surface area contributed by atoms with Crippen LogP contribution in [0.4, 0.5) is 5.82 Å². The number of nitrogens with zero attached hydrogens (tertiary/aromatic N) is 4. The molecule has 0 atom stereocenters. The van der Waals surface area contributed by atoms with Crippen molar-refractivity contribution in [3.63, 3.8) is 0 Å². The Hall–Kier alpha value is -1.68. The topological polar surface area (TPSA) is 41.9 Å². The fraction of sp³-hybridized carbons (Fsp3) is 0.308. The molecule has 0 N–H and O–H groups in total. The molecule has 5 heteroatoms. The number of hydrogen-bond acceptors (Lipinski definition) is 4. The Morgan fingerprint density at radius 1 is 1.22 bits per heavy atom. The lowest BCUT2D eigenvalue weighted by Crippen LogP contribution is -2.24. The fourth-order valence-electron chi connectivity index (χ4n) is 1.75. The number of halogens is 1. The predicted molar refractivity (Wildman–Crippen MR) is 72.7 cm³/mol. The molecule has 4 nitrogen and oxygen atoms in total. The second-order valence-corrected chi connectivity index (χ2v) is 4.31. The molecule has 0 saturated carbocycles. The maximum atomic E-state index is 6.06. The molecule has 0 aliphatic heterocycles. The molecule has 18 heavy (non-hydrogen) atoms. The van der Waals surface area contributed by atoms with Crippen LogP contribution in [0.5, 0.6) is 0 Å². The normalized spacial score (nSPS) is 10.4. The van der Waals surface area contributed by atoms with Gasteiger partial charge < -0.3 is 4.90 Å². The van der Waals surface area contributed by atoms with Crippen LogP contribution < -0.4 is 4.90 Å². The van der Waals surface area contributed by atoms with E-state index in [1.54, 1.807) is 12.4 Å². The van der Waals surface area contributed by atoms with Gasteiger partial charge in [-0.05, 0) is 26.0 Å². The van der Waals surface area contributed by atoms with E-state index in [2.05, 4.69) is 26.8 Å². The molecule has 0 spiro atoms. The van der Waals surface area contributed by atoms with Crippen molar-refractivity contribution in [2.24, 2.45) is 0 Å². The summed E-state index contributed by atoms with van der Waals surface area (Å²) in [5.41, 5.74) is 2.01. The first-order chi connectivity index (χ1) is 8.70. The molecule has 0 radical (unpaired) electrons. The van der Waals surface area contributed by atoms with E-state index in [4.69, 9.17) is 11.6 Å². The van der Waals surface area contributed by atoms with Gasteiger partial charge in [0.2, 0.25) is 0 Å². The van der Waals surface area contributed by atoms with Crippen LogP contribution in [-0.2, 0) is 6.54 Å². The first-order valence-electron chi connectivity index (χ1n) is 5.84. The van der Waals surface area contributed by atoms with E-state index in [-0.39, 0.29) is 0 Å². The van der Waals surface area contributed by atoms with Gasteiger partial charge in [-0.15, -0.1) is 0 Å². The monoisotopic (exact) mass is 262 g/mol. The van der Waals surface area contributed by atoms with Gasteiger partial charge in [0.05, 0.1) is 12.2 Å². The molecule has 2 heterocycles. The Labute approximate surface area is 112 Å². The molecule has 0 aliphatic rings. The molecule has 0 aromatic carbocycles. The number of aryl methyl sites for hydroxylation is 1. The van der Waals surface area contributed by atoms with Gasteiger partial charge in [0.25, 0.3) is 0 Å². The Kier molecular flexibility index (Phi) is 4.10. The van der Waals surface area contributed by atoms with Crippen molar-refractivity contribution in [3.05, 3.63) is 47.1 Å². The van der Waals surface area contributed by atoms with E-state index in [0.717, 1.165) is 17.9 Å². The van der Waals surface area contributed by atoms with Gasteiger partial charge in [-0.1, -0.05) is 17.7 Å². The summed E-state index contributed by atoms with van der Waals surface area (Å²) in [5.74, 6) is 0.699. The van der Waals surface area contributed by atoms with Crippen LogP contribution in [0, 0.1) is 6.92 Å². The predicted octanol–water partition coefficient (Wildman–Crippen LogP) is 2.86. The van der Waals surface area contributed by atoms with Crippen molar-refractivity contribution in [2.45, 2.75) is 20.4 Å². The van der Waals surface area contributed by atoms with Crippen LogP contribution in [0.1, 0.15) is 18.3 Å². The van der Waals surface area contributed by atoms with Crippen LogP contribution in [0.25, 0.3) is 0 Å². The molecule has 2 rings (SSSR count). The van der Waals surface area contributed by atoms with E-state index in [1.165, 1.54) is 0 Å². The lowest BCUT2D eigenvalue weighted by molar-refractivity contribution is 0.787. The molecule has 0 aliphatic carbocycles. The van der Waals surface area contributed by atoms with Crippen molar-refractivity contribution in [1.82, 2.24) is 15.0 Å². The molecule has 94 valence electrons. The summed E-state index contributed by atoms with van der Waals surface area (Å²) in [7, 11) is 0. The minimum atomic E-state index is 0.423. The summed E-state index contributed by atoms with van der Waals surface area (Å²) < 4.78 is 0. The van der Waals surface area contributed by atoms with Crippen LogP contribution in [-0.4, -0.2) is 21.5 Å². The smallest absolute Gasteiger partial charge is 0.171 e. The highest BCUT2D eigenvalue weighted by Gasteiger charge is 2.11. The molecule has 2 aromatic heterocycles. The molecule has 0 fully saturated rings. The number of anilines is 1. The van der Waals surface area contributed by atoms with E-state index >= 15 is 0 Å². The van der Waals surface area contributed by atoms with Gasteiger partial charge in [-0.2, -0.15) is 0 Å². The number of pyridine rings is 1. The highest BCUT2D eigenvalue weighted by atomic mass is 35.5. The Bertz CT molecular complexity index is 530. The van der Waals surface area contributed by atoms with Crippen molar-refractivity contribution in [1.29, 1.82) is 0 Å². The SMILES string of the molecule is CCN(Cc1cccc(C)n1)c1nccnc1Cl. The van der Waals surface area contributed by atoms with E-state index in [1.807, 2.05) is 25.1 Å². The molecule has 0 saturated heterocycles. The Morgan fingerprint density at radius 2 is 2.00 bits per heavy atom. The van der Waals surface area contributed by atoms with Crippen LogP contribution in [0.2, 0.25) is 5.15 Å². The third kappa shape index (κ3) is 2.96. The minimum Gasteiger partial charge on any atom is -0.348 e. The molecule has 2 aromatic rings. The summed E-state index contributed by atoms with van der Waals surface area (Å²) >= 11 is 6.06. The highest BCUT2D eigenvalue weighted by molar-refractivity contribution is 6.31. The highest BCUT2D eigenvalue weighted by Crippen LogP contribution is 2.21. The van der Waals surface area contributed by atoms with E-state index < -0.39 is 0 Å². The van der Waals surface area contributed by atoms with Gasteiger partial charge in [-0.3, -0.25) is 4.98 Å². The zero-order chi connectivity index (χ0) is 13.0. The van der Waals surface area contributed by atoms with Crippen molar-refractivity contribution >= 4 is 17.4 Å². The summed E-state index contributed by atoms with van der Waals surface area (Å²) in [6.07, 6.45) is 3.23. The van der Waals surface area contributed by atoms with Gasteiger partial charge in [0.1, 0.15) is 0 Å². The zero-order valence-corrected chi connectivity index (χ0v) is 11.2. The fourth-order valence-corrected chi connectivity index (χ4v) is 1.97. The minimum absolute atomic E-state index is 0.423. The third-order valence-corrected chi connectivity index (χ3v) is 2.88. The molecular weight excluding hydrogens is 248 g/mol. The Balaban J connectivity index is 2.23.